The van der Waals surface area contributed by atoms with E-state index in [4.69, 9.17) is 0 Å². The van der Waals surface area contributed by atoms with E-state index in [2.05, 4.69) is 33.1 Å². The number of hydrogen-bond donors (Lipinski definition) is 1. The van der Waals surface area contributed by atoms with Crippen molar-refractivity contribution >= 4 is 15.5 Å². The van der Waals surface area contributed by atoms with Gasteiger partial charge in [-0.3, -0.25) is 0 Å². The molecule has 3 heteroatoms. The maximum atomic E-state index is 4.17. The summed E-state index contributed by atoms with van der Waals surface area (Å²) in [6.45, 7) is 8.95. The normalized spacial score (nSPS) is 12.1. The lowest BCUT2D eigenvalue weighted by atomic mass is 10.2. The van der Waals surface area contributed by atoms with Crippen LogP contribution in [-0.2, 0) is 0 Å². The number of unbranched alkanes of at least 4 members (excludes halogenated alkanes) is 2. The molecule has 1 atom stereocenters. The van der Waals surface area contributed by atoms with Crippen LogP contribution in [0.2, 0.25) is 0 Å². The van der Waals surface area contributed by atoms with Gasteiger partial charge in [0.2, 0.25) is 0 Å². The van der Waals surface area contributed by atoms with Crippen molar-refractivity contribution in [2.24, 2.45) is 4.99 Å². The van der Waals surface area contributed by atoms with Crippen LogP contribution < -0.4 is 5.32 Å². The minimum atomic E-state index is 0.739. The average molecular weight is 212 g/mol. The first-order valence-corrected chi connectivity index (χ1v) is 5.67. The second kappa shape index (κ2) is 8.96. The molecule has 0 aliphatic rings. The van der Waals surface area contributed by atoms with E-state index in [0.717, 1.165) is 17.7 Å². The van der Waals surface area contributed by atoms with Gasteiger partial charge >= 0.3 is 0 Å². The number of hydrogen-bond acceptors (Lipinski definition) is 2. The van der Waals surface area contributed by atoms with Gasteiger partial charge in [-0.25, -0.2) is 4.99 Å². The van der Waals surface area contributed by atoms with Crippen molar-refractivity contribution in [3.8, 4) is 0 Å². The summed E-state index contributed by atoms with van der Waals surface area (Å²) in [5.74, 6) is 0.739. The van der Waals surface area contributed by atoms with Crippen LogP contribution in [0.15, 0.2) is 28.8 Å². The van der Waals surface area contributed by atoms with Gasteiger partial charge in [0.05, 0.1) is 0 Å². The number of rotatable bonds is 7. The van der Waals surface area contributed by atoms with E-state index in [-0.39, 0.29) is 0 Å². The molecule has 0 aliphatic heterocycles. The summed E-state index contributed by atoms with van der Waals surface area (Å²) in [6.07, 6.45) is 7.46. The molecule has 0 aromatic heterocycles. The molecule has 0 rings (SSSR count). The first kappa shape index (κ1) is 13.4. The third kappa shape index (κ3) is 8.00. The fraction of sp³-hybridized carbons (Fsp3) is 0.545. The Morgan fingerprint density at radius 2 is 2.21 bits per heavy atom. The van der Waals surface area contributed by atoms with Crippen LogP contribution in [-0.4, -0.2) is 12.8 Å². The van der Waals surface area contributed by atoms with Crippen molar-refractivity contribution in [3.63, 3.8) is 0 Å². The summed E-state index contributed by atoms with van der Waals surface area (Å²) in [7, 11) is 2.61. The third-order valence-electron chi connectivity index (χ3n) is 1.81. The zero-order chi connectivity index (χ0) is 10.8. The fourth-order valence-corrected chi connectivity index (χ4v) is 0.955. The largest absolute Gasteiger partial charge is 0.371 e. The summed E-state index contributed by atoms with van der Waals surface area (Å²) in [5.41, 5.74) is 0. The van der Waals surface area contributed by atoms with Gasteiger partial charge in [-0.2, -0.15) is 0 Å². The van der Waals surface area contributed by atoms with Crippen LogP contribution in [0.3, 0.4) is 0 Å². The van der Waals surface area contributed by atoms with Crippen LogP contribution in [0, 0.1) is 0 Å². The summed E-state index contributed by atoms with van der Waals surface area (Å²) in [5, 5.41) is 4.24. The van der Waals surface area contributed by atoms with Gasteiger partial charge in [-0.15, -0.1) is 9.24 Å². The summed E-state index contributed by atoms with van der Waals surface area (Å²) >= 11 is 0. The molecule has 0 aromatic rings. The van der Waals surface area contributed by atoms with Crippen molar-refractivity contribution < 1.29 is 0 Å². The Bertz CT molecular complexity index is 219. The highest BCUT2D eigenvalue weighted by Gasteiger charge is 1.88. The van der Waals surface area contributed by atoms with E-state index in [1.165, 1.54) is 19.3 Å². The first-order chi connectivity index (χ1) is 6.70. The van der Waals surface area contributed by atoms with Crippen LogP contribution in [0.5, 0.6) is 0 Å². The van der Waals surface area contributed by atoms with E-state index < -0.39 is 0 Å². The molecule has 0 heterocycles. The Hall–Kier alpha value is -0.620. The Labute approximate surface area is 89.8 Å². The van der Waals surface area contributed by atoms with Crippen LogP contribution >= 0.6 is 9.24 Å². The molecule has 0 saturated carbocycles. The predicted octanol–water partition coefficient (Wildman–Crippen LogP) is 3.09. The van der Waals surface area contributed by atoms with Gasteiger partial charge in [-0.05, 0) is 18.7 Å². The molecule has 80 valence electrons. The molecule has 0 spiro atoms. The summed E-state index contributed by atoms with van der Waals surface area (Å²) in [6, 6.07) is 0. The van der Waals surface area contributed by atoms with Crippen molar-refractivity contribution in [2.45, 2.75) is 33.1 Å². The molecule has 0 amide bonds. The molecule has 0 radical (unpaired) electrons. The van der Waals surface area contributed by atoms with E-state index >= 15 is 0 Å². The summed E-state index contributed by atoms with van der Waals surface area (Å²) in [4.78, 5) is 4.17. The molecule has 0 aliphatic carbocycles. The van der Waals surface area contributed by atoms with Gasteiger partial charge in [0, 0.05) is 12.8 Å². The number of aliphatic imine (C=N–C) groups is 1. The highest BCUT2D eigenvalue weighted by Crippen LogP contribution is 2.01. The Morgan fingerprint density at radius 1 is 1.50 bits per heavy atom. The van der Waals surface area contributed by atoms with Crippen LogP contribution in [0.1, 0.15) is 33.1 Å². The van der Waals surface area contributed by atoms with E-state index in [1.54, 1.807) is 6.21 Å². The van der Waals surface area contributed by atoms with Crippen molar-refractivity contribution in [2.75, 3.05) is 6.54 Å². The number of nitrogens with zero attached hydrogens (tertiary/aromatic N) is 1. The van der Waals surface area contributed by atoms with Gasteiger partial charge in [-0.1, -0.05) is 32.4 Å². The third-order valence-corrected chi connectivity index (χ3v) is 2.29. The molecule has 1 unspecified atom stereocenters. The number of nitrogens with one attached hydrogen (secondary N) is 1. The van der Waals surface area contributed by atoms with Crippen molar-refractivity contribution in [3.05, 3.63) is 23.8 Å². The molecule has 1 N–H and O–H groups in total. The molecular weight excluding hydrogens is 191 g/mol. The SMILES string of the molecule is C=C(/N=C\C(P)=C/C)NCCCCC. The topological polar surface area (TPSA) is 24.4 Å². The molecule has 0 saturated heterocycles. The molecule has 14 heavy (non-hydrogen) atoms. The summed E-state index contributed by atoms with van der Waals surface area (Å²) < 4.78 is 0. The highest BCUT2D eigenvalue weighted by atomic mass is 31.0. The lowest BCUT2D eigenvalue weighted by Crippen LogP contribution is -2.12. The van der Waals surface area contributed by atoms with Gasteiger partial charge in [0.25, 0.3) is 0 Å². The molecule has 2 nitrogen and oxygen atoms in total. The van der Waals surface area contributed by atoms with Gasteiger partial charge < -0.3 is 5.32 Å². The van der Waals surface area contributed by atoms with Crippen LogP contribution in [0.25, 0.3) is 0 Å². The fourth-order valence-electron chi connectivity index (χ4n) is 0.880. The maximum absolute atomic E-state index is 4.17. The highest BCUT2D eigenvalue weighted by molar-refractivity contribution is 7.24. The Balaban J connectivity index is 3.60. The minimum absolute atomic E-state index is 0.739. The van der Waals surface area contributed by atoms with Gasteiger partial charge in [0.15, 0.2) is 0 Å². The van der Waals surface area contributed by atoms with E-state index in [0.29, 0.717) is 0 Å². The van der Waals surface area contributed by atoms with Gasteiger partial charge in [0.1, 0.15) is 5.82 Å². The first-order valence-electron chi connectivity index (χ1n) is 5.09. The second-order valence-electron chi connectivity index (χ2n) is 3.13. The number of allylic oxidation sites excluding steroid dienone is 2. The second-order valence-corrected chi connectivity index (χ2v) is 3.79. The average Bonchev–Trinajstić information content (AvgIpc) is 2.21. The Kier molecular flexibility index (Phi) is 8.56. The zero-order valence-electron chi connectivity index (χ0n) is 9.21. The zero-order valence-corrected chi connectivity index (χ0v) is 10.4. The molecule has 0 fully saturated rings. The lowest BCUT2D eigenvalue weighted by Gasteiger charge is -2.03. The minimum Gasteiger partial charge on any atom is -0.371 e. The molecule has 0 aromatic carbocycles. The van der Waals surface area contributed by atoms with E-state index in [9.17, 15) is 0 Å². The van der Waals surface area contributed by atoms with E-state index in [1.807, 2.05) is 13.0 Å². The molecule has 0 bridgehead atoms. The quantitative estimate of drug-likeness (QED) is 0.391. The monoisotopic (exact) mass is 212 g/mol. The van der Waals surface area contributed by atoms with Crippen molar-refractivity contribution in [1.82, 2.24) is 5.32 Å². The standard InChI is InChI=1S/C11H21N2P/c1-4-6-7-8-12-10(3)13-9-11(14)5-2/h5,9,12H,3-4,6-8,14H2,1-2H3/b11-5+,13-9-. The lowest BCUT2D eigenvalue weighted by molar-refractivity contribution is 0.666. The maximum Gasteiger partial charge on any atom is 0.118 e. The molecular formula is C11H21N2P. The Morgan fingerprint density at radius 3 is 2.79 bits per heavy atom. The predicted molar refractivity (Wildman–Crippen MR) is 68.6 cm³/mol. The van der Waals surface area contributed by atoms with Crippen LogP contribution in [0.4, 0.5) is 0 Å². The van der Waals surface area contributed by atoms with Crippen molar-refractivity contribution in [1.29, 1.82) is 0 Å². The smallest absolute Gasteiger partial charge is 0.118 e.